The van der Waals surface area contributed by atoms with E-state index >= 15 is 0 Å². The molecule has 0 spiro atoms. The Balaban J connectivity index is 1.62. The minimum Gasteiger partial charge on any atom is -0.465 e. The highest BCUT2D eigenvalue weighted by Gasteiger charge is 2.07. The zero-order valence-electron chi connectivity index (χ0n) is 12.5. The van der Waals surface area contributed by atoms with E-state index in [0.29, 0.717) is 11.3 Å². The van der Waals surface area contributed by atoms with Crippen LogP contribution in [0.2, 0.25) is 0 Å². The summed E-state index contributed by atoms with van der Waals surface area (Å²) in [4.78, 5) is 23.9. The van der Waals surface area contributed by atoms with Gasteiger partial charge in [-0.25, -0.2) is 9.07 Å². The number of carbonyl (C=O) groups excluding carboxylic acids is 1. The van der Waals surface area contributed by atoms with E-state index < -0.39 is 11.4 Å². The maximum atomic E-state index is 13.2. The molecule has 3 rings (SSSR count). The lowest BCUT2D eigenvalue weighted by Gasteiger charge is -2.05. The Kier molecular flexibility index (Phi) is 4.46. The van der Waals surface area contributed by atoms with Crippen molar-refractivity contribution in [3.63, 3.8) is 0 Å². The monoisotopic (exact) mass is 328 g/mol. The summed E-state index contributed by atoms with van der Waals surface area (Å²) in [5.41, 5.74) is -0.136. The minimum absolute atomic E-state index is 0.124. The number of hydrogen-bond acceptors (Lipinski definition) is 5. The maximum Gasteiger partial charge on any atom is 0.277 e. The van der Waals surface area contributed by atoms with Gasteiger partial charge in [0.2, 0.25) is 5.91 Å². The Labute approximate surface area is 135 Å². The summed E-state index contributed by atoms with van der Waals surface area (Å²) < 4.78 is 19.4. The Morgan fingerprint density at radius 3 is 3.04 bits per heavy atom. The number of hydrogen-bond donors (Lipinski definition) is 1. The smallest absolute Gasteiger partial charge is 0.277 e. The van der Waals surface area contributed by atoms with E-state index in [2.05, 4.69) is 15.6 Å². The van der Waals surface area contributed by atoms with Gasteiger partial charge in [-0.2, -0.15) is 0 Å². The van der Waals surface area contributed by atoms with Gasteiger partial charge < -0.3 is 9.73 Å². The molecule has 7 nitrogen and oxygen atoms in total. The van der Waals surface area contributed by atoms with Crippen molar-refractivity contribution in [2.24, 2.45) is 0 Å². The van der Waals surface area contributed by atoms with Gasteiger partial charge in [0.25, 0.3) is 5.56 Å². The van der Waals surface area contributed by atoms with Crippen LogP contribution in [0.5, 0.6) is 0 Å². The third kappa shape index (κ3) is 3.54. The first-order chi connectivity index (χ1) is 11.6. The molecule has 0 bridgehead atoms. The average Bonchev–Trinajstić information content (AvgIpc) is 3.09. The molecule has 24 heavy (non-hydrogen) atoms. The highest BCUT2D eigenvalue weighted by molar-refractivity contribution is 5.91. The highest BCUT2D eigenvalue weighted by Crippen LogP contribution is 2.07. The minimum atomic E-state index is -0.518. The van der Waals surface area contributed by atoms with Gasteiger partial charge in [0.15, 0.2) is 0 Å². The van der Waals surface area contributed by atoms with E-state index in [0.717, 1.165) is 10.7 Å². The van der Waals surface area contributed by atoms with Crippen LogP contribution in [0.1, 0.15) is 5.76 Å². The number of aromatic nitrogens is 3. The summed E-state index contributed by atoms with van der Waals surface area (Å²) in [6.07, 6.45) is 4.36. The fourth-order valence-corrected chi connectivity index (χ4v) is 2.08. The summed E-state index contributed by atoms with van der Waals surface area (Å²) in [6, 6.07) is 7.16. The number of amides is 1. The summed E-state index contributed by atoms with van der Waals surface area (Å²) in [6.45, 7) is 0.301. The number of nitrogens with zero attached hydrogens (tertiary/aromatic N) is 3. The molecule has 0 aliphatic heterocycles. The lowest BCUT2D eigenvalue weighted by Crippen LogP contribution is -2.31. The van der Waals surface area contributed by atoms with Crippen molar-refractivity contribution >= 4 is 22.9 Å². The number of fused-ring (bicyclic) bond motifs is 1. The molecule has 122 valence electrons. The first-order valence-corrected chi connectivity index (χ1v) is 7.16. The summed E-state index contributed by atoms with van der Waals surface area (Å²) in [5.74, 6) is -0.293. The van der Waals surface area contributed by atoms with E-state index in [1.165, 1.54) is 30.5 Å². The predicted octanol–water partition coefficient (Wildman–Crippen LogP) is 1.35. The number of benzene rings is 1. The second-order valence-corrected chi connectivity index (χ2v) is 4.92. The highest BCUT2D eigenvalue weighted by atomic mass is 19.1. The van der Waals surface area contributed by atoms with E-state index in [4.69, 9.17) is 4.42 Å². The molecule has 0 radical (unpaired) electrons. The molecular weight excluding hydrogens is 315 g/mol. The second kappa shape index (κ2) is 6.86. The first kappa shape index (κ1) is 15.6. The number of carbonyl (C=O) groups is 1. The average molecular weight is 328 g/mol. The van der Waals surface area contributed by atoms with Gasteiger partial charge in [0.05, 0.1) is 18.2 Å². The van der Waals surface area contributed by atoms with E-state index in [1.54, 1.807) is 12.1 Å². The second-order valence-electron chi connectivity index (χ2n) is 4.92. The van der Waals surface area contributed by atoms with Gasteiger partial charge in [-0.3, -0.25) is 9.59 Å². The molecule has 0 aliphatic rings. The Bertz CT molecular complexity index is 948. The van der Waals surface area contributed by atoms with Crippen molar-refractivity contribution < 1.29 is 13.6 Å². The van der Waals surface area contributed by atoms with Gasteiger partial charge in [-0.1, -0.05) is 5.21 Å². The first-order valence-electron chi connectivity index (χ1n) is 7.16. The molecule has 3 aromatic rings. The van der Waals surface area contributed by atoms with Crippen molar-refractivity contribution in [1.82, 2.24) is 20.3 Å². The zero-order valence-corrected chi connectivity index (χ0v) is 12.5. The Morgan fingerprint density at radius 1 is 1.38 bits per heavy atom. The fourth-order valence-electron chi connectivity index (χ4n) is 2.08. The van der Waals surface area contributed by atoms with Crippen molar-refractivity contribution in [2.45, 2.75) is 6.54 Å². The molecule has 0 fully saturated rings. The molecule has 0 atom stereocenters. The van der Waals surface area contributed by atoms with E-state index in [1.807, 2.05) is 0 Å². The van der Waals surface area contributed by atoms with Crippen LogP contribution in [0.15, 0.2) is 51.9 Å². The maximum absolute atomic E-state index is 13.2. The van der Waals surface area contributed by atoms with Crippen LogP contribution >= 0.6 is 0 Å². The van der Waals surface area contributed by atoms with Crippen LogP contribution in [-0.2, 0) is 11.3 Å². The molecule has 1 N–H and O–H groups in total. The van der Waals surface area contributed by atoms with Crippen molar-refractivity contribution in [3.05, 3.63) is 64.6 Å². The summed E-state index contributed by atoms with van der Waals surface area (Å²) >= 11 is 0. The number of halogens is 1. The van der Waals surface area contributed by atoms with Gasteiger partial charge >= 0.3 is 0 Å². The van der Waals surface area contributed by atoms with Crippen molar-refractivity contribution in [2.75, 3.05) is 6.54 Å². The third-order valence-corrected chi connectivity index (χ3v) is 3.25. The SMILES string of the molecule is O=C(/C=C/c1ccco1)NCCn1nnc2ccc(F)cc2c1=O. The molecule has 2 aromatic heterocycles. The van der Waals surface area contributed by atoms with Crippen molar-refractivity contribution in [3.8, 4) is 0 Å². The van der Waals surface area contributed by atoms with E-state index in [-0.39, 0.29) is 24.4 Å². The van der Waals surface area contributed by atoms with Crippen LogP contribution in [0.3, 0.4) is 0 Å². The quantitative estimate of drug-likeness (QED) is 0.714. The third-order valence-electron chi connectivity index (χ3n) is 3.25. The Hall–Kier alpha value is -3.29. The number of rotatable bonds is 5. The topological polar surface area (TPSA) is 90.0 Å². The largest absolute Gasteiger partial charge is 0.465 e. The van der Waals surface area contributed by atoms with Crippen LogP contribution in [-0.4, -0.2) is 27.4 Å². The molecular formula is C16H13FN4O3. The Morgan fingerprint density at radius 2 is 2.25 bits per heavy atom. The van der Waals surface area contributed by atoms with Gasteiger partial charge in [0.1, 0.15) is 17.1 Å². The van der Waals surface area contributed by atoms with Crippen LogP contribution in [0.25, 0.3) is 17.0 Å². The van der Waals surface area contributed by atoms with Crippen LogP contribution in [0, 0.1) is 5.82 Å². The standard InChI is InChI=1S/C16H13FN4O3/c17-11-3-5-14-13(10-11)16(23)21(20-19-14)8-7-18-15(22)6-4-12-2-1-9-24-12/h1-6,9-10H,7-8H2,(H,18,22)/b6-4+. The molecule has 0 unspecified atom stereocenters. The fraction of sp³-hybridized carbons (Fsp3) is 0.125. The zero-order chi connectivity index (χ0) is 16.9. The van der Waals surface area contributed by atoms with Gasteiger partial charge in [-0.05, 0) is 36.4 Å². The molecule has 2 heterocycles. The van der Waals surface area contributed by atoms with Crippen molar-refractivity contribution in [1.29, 1.82) is 0 Å². The molecule has 8 heteroatoms. The summed E-state index contributed by atoms with van der Waals surface area (Å²) in [5, 5.41) is 10.4. The molecule has 0 saturated carbocycles. The summed E-state index contributed by atoms with van der Waals surface area (Å²) in [7, 11) is 0. The number of nitrogens with one attached hydrogen (secondary N) is 1. The van der Waals surface area contributed by atoms with Crippen LogP contribution < -0.4 is 10.9 Å². The lowest BCUT2D eigenvalue weighted by molar-refractivity contribution is -0.116. The normalized spacial score (nSPS) is 11.2. The molecule has 1 amide bonds. The number of furan rings is 1. The lowest BCUT2D eigenvalue weighted by atomic mass is 10.2. The molecule has 0 saturated heterocycles. The van der Waals surface area contributed by atoms with Crippen LogP contribution in [0.4, 0.5) is 4.39 Å². The van der Waals surface area contributed by atoms with E-state index in [9.17, 15) is 14.0 Å². The van der Waals surface area contributed by atoms with Gasteiger partial charge in [-0.15, -0.1) is 5.10 Å². The van der Waals surface area contributed by atoms with Gasteiger partial charge in [0, 0.05) is 12.6 Å². The molecule has 1 aromatic carbocycles. The molecule has 0 aliphatic carbocycles. The predicted molar refractivity (Wildman–Crippen MR) is 84.5 cm³/mol.